The number of para-hydroxylation sites is 1. The standard InChI is InChI=1S/C20H23N3O4S/c1-3-22-15(2)23(12-7-13-28(25,26)27)19-14-16(10-11-18(19)22)20(24)21-17-8-5-4-6-9-17/h4-6,8-11,14H,3,7,12-13H2,1-2H3,(H-,21,24,25,26,27). The van der Waals surface area contributed by atoms with Crippen molar-refractivity contribution in [3.63, 3.8) is 0 Å². The molecule has 2 aromatic carbocycles. The molecule has 0 fully saturated rings. The van der Waals surface area contributed by atoms with Crippen LogP contribution in [0.25, 0.3) is 11.0 Å². The van der Waals surface area contributed by atoms with Crippen molar-refractivity contribution < 1.29 is 22.3 Å². The second-order valence-electron chi connectivity index (χ2n) is 6.58. The van der Waals surface area contributed by atoms with Crippen molar-refractivity contribution in [1.29, 1.82) is 0 Å². The molecule has 0 saturated heterocycles. The summed E-state index contributed by atoms with van der Waals surface area (Å²) in [4.78, 5) is 12.6. The van der Waals surface area contributed by atoms with Gasteiger partial charge in [0.15, 0.2) is 11.0 Å². The van der Waals surface area contributed by atoms with Crippen LogP contribution in [0.4, 0.5) is 5.69 Å². The van der Waals surface area contributed by atoms with Crippen LogP contribution in [0.5, 0.6) is 0 Å². The number of nitrogens with one attached hydrogen (secondary N) is 1. The fraction of sp³-hybridized carbons (Fsp3) is 0.300. The molecule has 3 aromatic rings. The molecule has 7 nitrogen and oxygen atoms in total. The summed E-state index contributed by atoms with van der Waals surface area (Å²) >= 11 is 0. The number of anilines is 1. The Kier molecular flexibility index (Phi) is 5.81. The first-order valence-corrected chi connectivity index (χ1v) is 10.7. The average Bonchev–Trinajstić information content (AvgIpc) is 2.92. The van der Waals surface area contributed by atoms with Gasteiger partial charge in [0.1, 0.15) is 0 Å². The lowest BCUT2D eigenvalue weighted by molar-refractivity contribution is -0.675. The summed E-state index contributed by atoms with van der Waals surface area (Å²) in [6.07, 6.45) is 0.223. The van der Waals surface area contributed by atoms with Gasteiger partial charge < -0.3 is 9.87 Å². The quantitative estimate of drug-likeness (QED) is 0.486. The van der Waals surface area contributed by atoms with Crippen LogP contribution in [0, 0.1) is 6.92 Å². The maximum absolute atomic E-state index is 12.6. The first-order valence-electron chi connectivity index (χ1n) is 9.13. The van der Waals surface area contributed by atoms with Crippen molar-refractivity contribution >= 4 is 32.7 Å². The van der Waals surface area contributed by atoms with Gasteiger partial charge in [-0.3, -0.25) is 4.79 Å². The minimum Gasteiger partial charge on any atom is -0.748 e. The lowest BCUT2D eigenvalue weighted by atomic mass is 10.1. The first-order chi connectivity index (χ1) is 13.3. The smallest absolute Gasteiger partial charge is 0.255 e. The number of fused-ring (bicyclic) bond motifs is 1. The molecule has 0 radical (unpaired) electrons. The van der Waals surface area contributed by atoms with E-state index in [9.17, 15) is 17.8 Å². The molecule has 0 spiro atoms. The van der Waals surface area contributed by atoms with E-state index in [2.05, 4.69) is 9.88 Å². The molecule has 28 heavy (non-hydrogen) atoms. The molecule has 3 rings (SSSR count). The molecule has 8 heteroatoms. The third-order valence-corrected chi connectivity index (χ3v) is 5.51. The number of aromatic nitrogens is 2. The summed E-state index contributed by atoms with van der Waals surface area (Å²) < 4.78 is 36.8. The number of carbonyl (C=O) groups is 1. The van der Waals surface area contributed by atoms with Gasteiger partial charge in [0.25, 0.3) is 11.7 Å². The number of nitrogens with zero attached hydrogens (tertiary/aromatic N) is 2. The number of rotatable bonds is 7. The Morgan fingerprint density at radius 2 is 1.89 bits per heavy atom. The minimum absolute atomic E-state index is 0.219. The Bertz CT molecular complexity index is 1110. The van der Waals surface area contributed by atoms with E-state index in [0.717, 1.165) is 23.4 Å². The van der Waals surface area contributed by atoms with Crippen LogP contribution in [-0.2, 0) is 23.2 Å². The number of hydrogen-bond donors (Lipinski definition) is 1. The second-order valence-corrected chi connectivity index (χ2v) is 8.11. The molecular formula is C20H23N3O4S. The molecule has 0 aliphatic rings. The largest absolute Gasteiger partial charge is 0.748 e. The fourth-order valence-electron chi connectivity index (χ4n) is 3.41. The van der Waals surface area contributed by atoms with Crippen LogP contribution >= 0.6 is 0 Å². The van der Waals surface area contributed by atoms with Crippen LogP contribution in [0.3, 0.4) is 0 Å². The highest BCUT2D eigenvalue weighted by Gasteiger charge is 2.22. The van der Waals surface area contributed by atoms with E-state index in [-0.39, 0.29) is 12.3 Å². The topological polar surface area (TPSA) is 95.1 Å². The SMILES string of the molecule is CC[n+]1c(C)n(CCCS(=O)(=O)[O-])c2cc(C(=O)Nc3ccccc3)ccc21. The van der Waals surface area contributed by atoms with Crippen LogP contribution in [-0.4, -0.2) is 29.2 Å². The van der Waals surface area contributed by atoms with E-state index in [0.29, 0.717) is 17.8 Å². The van der Waals surface area contributed by atoms with Crippen molar-refractivity contribution in [2.75, 3.05) is 11.1 Å². The van der Waals surface area contributed by atoms with E-state index < -0.39 is 15.9 Å². The van der Waals surface area contributed by atoms with Crippen molar-refractivity contribution in [3.05, 3.63) is 59.9 Å². The van der Waals surface area contributed by atoms with Crippen LogP contribution in [0.15, 0.2) is 48.5 Å². The van der Waals surface area contributed by atoms with Gasteiger partial charge in [-0.05, 0) is 37.6 Å². The normalized spacial score (nSPS) is 11.7. The van der Waals surface area contributed by atoms with E-state index >= 15 is 0 Å². The van der Waals surface area contributed by atoms with Crippen molar-refractivity contribution in [1.82, 2.24) is 4.57 Å². The molecule has 148 valence electrons. The van der Waals surface area contributed by atoms with Crippen LogP contribution in [0.1, 0.15) is 29.5 Å². The lowest BCUT2D eigenvalue weighted by Crippen LogP contribution is -2.35. The number of benzene rings is 2. The monoisotopic (exact) mass is 401 g/mol. The van der Waals surface area contributed by atoms with Crippen LogP contribution < -0.4 is 9.88 Å². The summed E-state index contributed by atoms with van der Waals surface area (Å²) in [7, 11) is -4.25. The molecule has 1 N–H and O–H groups in total. The van der Waals surface area contributed by atoms with Gasteiger partial charge >= 0.3 is 0 Å². The summed E-state index contributed by atoms with van der Waals surface area (Å²) in [5.41, 5.74) is 3.02. The number of amides is 1. The van der Waals surface area contributed by atoms with Gasteiger partial charge in [-0.1, -0.05) is 18.2 Å². The number of hydrogen-bond acceptors (Lipinski definition) is 4. The Morgan fingerprint density at radius 1 is 1.18 bits per heavy atom. The lowest BCUT2D eigenvalue weighted by Gasteiger charge is -2.06. The number of imidazole rings is 1. The molecule has 0 bridgehead atoms. The van der Waals surface area contributed by atoms with Crippen molar-refractivity contribution in [2.24, 2.45) is 0 Å². The highest BCUT2D eigenvalue weighted by atomic mass is 32.2. The van der Waals surface area contributed by atoms with Gasteiger partial charge in [-0.2, -0.15) is 0 Å². The van der Waals surface area contributed by atoms with Crippen LogP contribution in [0.2, 0.25) is 0 Å². The zero-order valence-corrected chi connectivity index (χ0v) is 16.7. The van der Waals surface area contributed by atoms with Gasteiger partial charge in [0.05, 0.1) is 23.2 Å². The third-order valence-electron chi connectivity index (χ3n) is 4.72. The maximum Gasteiger partial charge on any atom is 0.255 e. The van der Waals surface area contributed by atoms with E-state index in [4.69, 9.17) is 0 Å². The summed E-state index contributed by atoms with van der Waals surface area (Å²) in [6, 6.07) is 14.7. The Morgan fingerprint density at radius 3 is 2.54 bits per heavy atom. The Balaban J connectivity index is 1.94. The highest BCUT2D eigenvalue weighted by Crippen LogP contribution is 2.19. The molecule has 0 unspecified atom stereocenters. The number of carbonyl (C=O) groups excluding carboxylic acids is 1. The third kappa shape index (κ3) is 4.40. The summed E-state index contributed by atoms with van der Waals surface area (Å²) in [5.74, 6) is 0.317. The maximum atomic E-state index is 12.6. The molecule has 0 aliphatic heterocycles. The summed E-state index contributed by atoms with van der Waals surface area (Å²) in [5, 5.41) is 2.87. The van der Waals surface area contributed by atoms with Gasteiger partial charge in [0.2, 0.25) is 0 Å². The molecule has 1 amide bonds. The predicted octanol–water partition coefficient (Wildman–Crippen LogP) is 2.44. The van der Waals surface area contributed by atoms with Gasteiger partial charge in [0, 0.05) is 30.0 Å². The van der Waals surface area contributed by atoms with E-state index in [1.807, 2.05) is 54.8 Å². The van der Waals surface area contributed by atoms with Crippen molar-refractivity contribution in [2.45, 2.75) is 33.4 Å². The molecule has 0 saturated carbocycles. The summed E-state index contributed by atoms with van der Waals surface area (Å²) in [6.45, 7) is 5.10. The zero-order chi connectivity index (χ0) is 20.3. The molecular weight excluding hydrogens is 378 g/mol. The van der Waals surface area contributed by atoms with Crippen molar-refractivity contribution in [3.8, 4) is 0 Å². The highest BCUT2D eigenvalue weighted by molar-refractivity contribution is 7.85. The predicted molar refractivity (Wildman–Crippen MR) is 106 cm³/mol. The molecule has 0 aliphatic carbocycles. The fourth-order valence-corrected chi connectivity index (χ4v) is 3.89. The Labute approximate surface area is 164 Å². The second kappa shape index (κ2) is 8.12. The molecule has 0 atom stereocenters. The molecule has 1 heterocycles. The minimum atomic E-state index is -4.25. The van der Waals surface area contributed by atoms with Gasteiger partial charge in [-0.25, -0.2) is 17.6 Å². The number of aryl methyl sites for hydroxylation is 2. The van der Waals surface area contributed by atoms with Gasteiger partial charge in [-0.15, -0.1) is 0 Å². The first kappa shape index (κ1) is 20.0. The van der Waals surface area contributed by atoms with E-state index in [1.54, 1.807) is 12.1 Å². The molecule has 1 aromatic heterocycles. The van der Waals surface area contributed by atoms with E-state index in [1.165, 1.54) is 0 Å². The average molecular weight is 401 g/mol. The Hall–Kier alpha value is -2.71. The zero-order valence-electron chi connectivity index (χ0n) is 15.9.